The van der Waals surface area contributed by atoms with Crippen molar-refractivity contribution in [3.63, 3.8) is 0 Å². The largest absolute Gasteiger partial charge is 0.459 e. The molecule has 122 valence electrons. The first-order valence-electron chi connectivity index (χ1n) is 7.58. The number of fused-ring (bicyclic) bond motifs is 1. The van der Waals surface area contributed by atoms with Gasteiger partial charge in [-0.05, 0) is 32.0 Å². The Balaban J connectivity index is 1.63. The highest BCUT2D eigenvalue weighted by atomic mass is 16.6. The molecule has 0 aliphatic carbocycles. The highest BCUT2D eigenvalue weighted by Gasteiger charge is 2.20. The first-order chi connectivity index (χ1) is 11.1. The molecule has 0 saturated carbocycles. The van der Waals surface area contributed by atoms with Crippen LogP contribution in [0.1, 0.15) is 29.8 Å². The Kier molecular flexibility index (Phi) is 4.52. The van der Waals surface area contributed by atoms with Crippen molar-refractivity contribution in [3.05, 3.63) is 34.0 Å². The maximum Gasteiger partial charge on any atom is 0.361 e. The summed E-state index contributed by atoms with van der Waals surface area (Å²) < 4.78 is 10.2. The molecular formula is C15H17N3O5. The van der Waals surface area contributed by atoms with Gasteiger partial charge in [-0.15, -0.1) is 0 Å². The molecule has 1 aliphatic heterocycles. The SMILES string of the molecule is O=C(OCCN1CCCCC1)c1noc2cc([N+](=O)[O-])ccc12. The molecule has 8 heteroatoms. The van der Waals surface area contributed by atoms with E-state index in [4.69, 9.17) is 9.26 Å². The lowest BCUT2D eigenvalue weighted by molar-refractivity contribution is -0.384. The second kappa shape index (κ2) is 6.74. The van der Waals surface area contributed by atoms with Crippen molar-refractivity contribution in [2.75, 3.05) is 26.2 Å². The molecule has 1 aromatic heterocycles. The summed E-state index contributed by atoms with van der Waals surface area (Å²) in [6.45, 7) is 3.06. The Labute approximate surface area is 132 Å². The van der Waals surface area contributed by atoms with E-state index in [2.05, 4.69) is 10.1 Å². The standard InChI is InChI=1S/C15H17N3O5/c19-15(22-9-8-17-6-2-1-3-7-17)14-12-5-4-11(18(20)21)10-13(12)23-16-14/h4-5,10H,1-3,6-9H2. The van der Waals surface area contributed by atoms with E-state index in [9.17, 15) is 14.9 Å². The van der Waals surface area contributed by atoms with E-state index in [1.165, 1.54) is 37.5 Å². The summed E-state index contributed by atoms with van der Waals surface area (Å²) in [6.07, 6.45) is 3.62. The second-order valence-electron chi connectivity index (χ2n) is 5.51. The van der Waals surface area contributed by atoms with Gasteiger partial charge in [0.05, 0.1) is 16.4 Å². The fourth-order valence-corrected chi connectivity index (χ4v) is 2.71. The fourth-order valence-electron chi connectivity index (χ4n) is 2.71. The van der Waals surface area contributed by atoms with Crippen molar-refractivity contribution in [2.24, 2.45) is 0 Å². The molecule has 1 aromatic carbocycles. The summed E-state index contributed by atoms with van der Waals surface area (Å²) in [6, 6.07) is 4.00. The van der Waals surface area contributed by atoms with Gasteiger partial charge in [0.1, 0.15) is 6.61 Å². The number of nitro groups is 1. The average molecular weight is 319 g/mol. The van der Waals surface area contributed by atoms with E-state index >= 15 is 0 Å². The first-order valence-corrected chi connectivity index (χ1v) is 7.58. The minimum absolute atomic E-state index is 0.0496. The number of esters is 1. The van der Waals surface area contributed by atoms with Gasteiger partial charge in [0, 0.05) is 12.6 Å². The number of carbonyl (C=O) groups excluding carboxylic acids is 1. The number of piperidine rings is 1. The van der Waals surface area contributed by atoms with E-state index in [-0.39, 0.29) is 17.0 Å². The lowest BCUT2D eigenvalue weighted by atomic mass is 10.1. The van der Waals surface area contributed by atoms with Gasteiger partial charge in [-0.3, -0.25) is 15.0 Å². The Morgan fingerprint density at radius 1 is 1.35 bits per heavy atom. The van der Waals surface area contributed by atoms with Crippen LogP contribution in [0, 0.1) is 10.1 Å². The average Bonchev–Trinajstić information content (AvgIpc) is 2.99. The summed E-state index contributed by atoms with van der Waals surface area (Å²) in [7, 11) is 0. The molecule has 0 atom stereocenters. The third-order valence-electron chi connectivity index (χ3n) is 3.95. The van der Waals surface area contributed by atoms with E-state index in [1.807, 2.05) is 0 Å². The van der Waals surface area contributed by atoms with Crippen molar-refractivity contribution in [2.45, 2.75) is 19.3 Å². The predicted molar refractivity (Wildman–Crippen MR) is 81.2 cm³/mol. The Morgan fingerprint density at radius 3 is 2.87 bits per heavy atom. The molecule has 0 unspecified atom stereocenters. The number of rotatable bonds is 5. The Morgan fingerprint density at radius 2 is 2.13 bits per heavy atom. The van der Waals surface area contributed by atoms with Crippen LogP contribution in [0.25, 0.3) is 11.0 Å². The summed E-state index contributed by atoms with van der Waals surface area (Å²) in [4.78, 5) is 24.5. The van der Waals surface area contributed by atoms with Crippen LogP contribution in [-0.4, -0.2) is 47.2 Å². The van der Waals surface area contributed by atoms with Crippen LogP contribution in [0.15, 0.2) is 22.7 Å². The van der Waals surface area contributed by atoms with E-state index in [0.29, 0.717) is 18.5 Å². The molecule has 1 fully saturated rings. The van der Waals surface area contributed by atoms with Crippen LogP contribution in [0.5, 0.6) is 0 Å². The molecule has 23 heavy (non-hydrogen) atoms. The molecule has 1 saturated heterocycles. The van der Waals surface area contributed by atoms with E-state index < -0.39 is 10.9 Å². The van der Waals surface area contributed by atoms with Crippen LogP contribution in [0.4, 0.5) is 5.69 Å². The molecule has 0 N–H and O–H groups in total. The van der Waals surface area contributed by atoms with Gasteiger partial charge in [0.2, 0.25) is 0 Å². The number of likely N-dealkylation sites (tertiary alicyclic amines) is 1. The van der Waals surface area contributed by atoms with Gasteiger partial charge < -0.3 is 9.26 Å². The van der Waals surface area contributed by atoms with Crippen LogP contribution in [0.3, 0.4) is 0 Å². The molecule has 8 nitrogen and oxygen atoms in total. The zero-order valence-electron chi connectivity index (χ0n) is 12.6. The van der Waals surface area contributed by atoms with Gasteiger partial charge in [-0.25, -0.2) is 4.79 Å². The second-order valence-corrected chi connectivity index (χ2v) is 5.51. The number of aromatic nitrogens is 1. The molecule has 0 bridgehead atoms. The fraction of sp³-hybridized carbons (Fsp3) is 0.467. The van der Waals surface area contributed by atoms with Gasteiger partial charge in [0.25, 0.3) is 5.69 Å². The van der Waals surface area contributed by atoms with Crippen LogP contribution in [-0.2, 0) is 4.74 Å². The number of hydrogen-bond acceptors (Lipinski definition) is 7. The van der Waals surface area contributed by atoms with Gasteiger partial charge in [0.15, 0.2) is 11.3 Å². The summed E-state index contributed by atoms with van der Waals surface area (Å²) >= 11 is 0. The quantitative estimate of drug-likeness (QED) is 0.474. The molecule has 3 rings (SSSR count). The van der Waals surface area contributed by atoms with Crippen molar-refractivity contribution in [1.82, 2.24) is 10.1 Å². The normalized spacial score (nSPS) is 15.7. The van der Waals surface area contributed by atoms with Gasteiger partial charge in [-0.2, -0.15) is 0 Å². The van der Waals surface area contributed by atoms with Crippen LogP contribution in [0.2, 0.25) is 0 Å². The highest BCUT2D eigenvalue weighted by molar-refractivity contribution is 6.01. The van der Waals surface area contributed by atoms with E-state index in [0.717, 1.165) is 13.1 Å². The number of hydrogen-bond donors (Lipinski definition) is 0. The van der Waals surface area contributed by atoms with Gasteiger partial charge >= 0.3 is 5.97 Å². The third kappa shape index (κ3) is 3.48. The molecule has 0 radical (unpaired) electrons. The van der Waals surface area contributed by atoms with Crippen molar-refractivity contribution < 1.29 is 19.0 Å². The Bertz CT molecular complexity index is 721. The molecular weight excluding hydrogens is 302 g/mol. The monoisotopic (exact) mass is 319 g/mol. The van der Waals surface area contributed by atoms with Crippen molar-refractivity contribution >= 4 is 22.6 Å². The zero-order chi connectivity index (χ0) is 16.2. The van der Waals surface area contributed by atoms with Crippen LogP contribution >= 0.6 is 0 Å². The molecule has 1 aliphatic rings. The number of nitrogens with zero attached hydrogens (tertiary/aromatic N) is 3. The first kappa shape index (κ1) is 15.4. The smallest absolute Gasteiger partial charge is 0.361 e. The zero-order valence-corrected chi connectivity index (χ0v) is 12.6. The maximum atomic E-state index is 12.1. The summed E-state index contributed by atoms with van der Waals surface area (Å²) in [5, 5.41) is 14.8. The number of carbonyl (C=O) groups is 1. The topological polar surface area (TPSA) is 98.7 Å². The molecule has 2 heterocycles. The predicted octanol–water partition coefficient (Wildman–Crippen LogP) is 2.38. The van der Waals surface area contributed by atoms with Crippen molar-refractivity contribution in [3.8, 4) is 0 Å². The lowest BCUT2D eigenvalue weighted by Crippen LogP contribution is -2.33. The third-order valence-corrected chi connectivity index (χ3v) is 3.95. The molecule has 0 spiro atoms. The van der Waals surface area contributed by atoms with E-state index in [1.54, 1.807) is 0 Å². The number of benzene rings is 1. The number of non-ortho nitro benzene ring substituents is 1. The molecule has 0 amide bonds. The minimum atomic E-state index is -0.574. The summed E-state index contributed by atoms with van der Waals surface area (Å²) in [5.74, 6) is -0.574. The highest BCUT2D eigenvalue weighted by Crippen LogP contribution is 2.24. The number of ether oxygens (including phenoxy) is 1. The Hall–Kier alpha value is -2.48. The minimum Gasteiger partial charge on any atom is -0.459 e. The van der Waals surface area contributed by atoms with Gasteiger partial charge in [-0.1, -0.05) is 11.6 Å². The maximum absolute atomic E-state index is 12.1. The van der Waals surface area contributed by atoms with Crippen LogP contribution < -0.4 is 0 Å². The molecule has 2 aromatic rings. The van der Waals surface area contributed by atoms with Crippen molar-refractivity contribution in [1.29, 1.82) is 0 Å². The lowest BCUT2D eigenvalue weighted by Gasteiger charge is -2.25. The summed E-state index contributed by atoms with van der Waals surface area (Å²) in [5.41, 5.74) is 0.134. The number of nitro benzene ring substituents is 1.